The minimum Gasteiger partial charge on any atom is -0.204 e. The standard InChI is InChI=1S/C18H23F4NSi/c1-10(2)24(11(3)4,12(5)6)14(9-23)7-13-8-15(19)17(21)18(22)16(13)20/h7-8,10-12H,1-6H3/b14-7+. The molecule has 1 aromatic rings. The Balaban J connectivity index is 3.72. The molecular weight excluding hydrogens is 334 g/mol. The molecule has 0 amide bonds. The van der Waals surface area contributed by atoms with Crippen molar-refractivity contribution in [1.82, 2.24) is 0 Å². The summed E-state index contributed by atoms with van der Waals surface area (Å²) in [5.74, 6) is -6.64. The van der Waals surface area contributed by atoms with Crippen LogP contribution in [0.25, 0.3) is 6.08 Å². The van der Waals surface area contributed by atoms with Crippen LogP contribution in [0.5, 0.6) is 0 Å². The van der Waals surface area contributed by atoms with Gasteiger partial charge in [0.25, 0.3) is 0 Å². The molecule has 0 aliphatic heterocycles. The number of nitrogens with zero attached hydrogens (tertiary/aromatic N) is 1. The number of hydrogen-bond acceptors (Lipinski definition) is 1. The highest BCUT2D eigenvalue weighted by atomic mass is 28.3. The van der Waals surface area contributed by atoms with Crippen LogP contribution in [0.2, 0.25) is 16.6 Å². The Kier molecular flexibility index (Phi) is 6.40. The third-order valence-electron chi connectivity index (χ3n) is 4.88. The molecule has 0 saturated heterocycles. The lowest BCUT2D eigenvalue weighted by Gasteiger charge is -2.42. The van der Waals surface area contributed by atoms with Gasteiger partial charge >= 0.3 is 0 Å². The highest BCUT2D eigenvalue weighted by Gasteiger charge is 2.46. The van der Waals surface area contributed by atoms with Gasteiger partial charge in [0, 0.05) is 10.8 Å². The predicted molar refractivity (Wildman–Crippen MR) is 90.9 cm³/mol. The van der Waals surface area contributed by atoms with Crippen molar-refractivity contribution in [3.63, 3.8) is 0 Å². The van der Waals surface area contributed by atoms with Gasteiger partial charge in [0.1, 0.15) is 8.07 Å². The van der Waals surface area contributed by atoms with Crippen molar-refractivity contribution in [2.75, 3.05) is 0 Å². The first-order valence-electron chi connectivity index (χ1n) is 7.96. The second-order valence-electron chi connectivity index (χ2n) is 6.96. The summed E-state index contributed by atoms with van der Waals surface area (Å²) in [6, 6.07) is 2.74. The molecule has 0 heterocycles. The molecule has 0 aliphatic carbocycles. The normalized spacial score (nSPS) is 13.1. The molecule has 0 atom stereocenters. The number of allylic oxidation sites excluding steroid dienone is 1. The van der Waals surface area contributed by atoms with E-state index in [0.29, 0.717) is 11.3 Å². The Morgan fingerprint density at radius 2 is 1.38 bits per heavy atom. The molecule has 0 saturated carbocycles. The highest BCUT2D eigenvalue weighted by molar-refractivity contribution is 6.91. The van der Waals surface area contributed by atoms with E-state index in [-0.39, 0.29) is 16.6 Å². The quantitative estimate of drug-likeness (QED) is 0.197. The molecule has 24 heavy (non-hydrogen) atoms. The van der Waals surface area contributed by atoms with Crippen molar-refractivity contribution in [2.24, 2.45) is 0 Å². The second-order valence-corrected chi connectivity index (χ2v) is 12.8. The van der Waals surface area contributed by atoms with Crippen LogP contribution in [0.4, 0.5) is 17.6 Å². The van der Waals surface area contributed by atoms with E-state index < -0.39 is 36.9 Å². The smallest absolute Gasteiger partial charge is 0.198 e. The van der Waals surface area contributed by atoms with Gasteiger partial charge in [-0.15, -0.1) is 0 Å². The molecule has 0 bridgehead atoms. The molecule has 0 N–H and O–H groups in total. The van der Waals surface area contributed by atoms with E-state index in [2.05, 4.69) is 6.07 Å². The van der Waals surface area contributed by atoms with Crippen LogP contribution in [0.3, 0.4) is 0 Å². The van der Waals surface area contributed by atoms with E-state index in [1.165, 1.54) is 6.08 Å². The average Bonchev–Trinajstić information content (AvgIpc) is 2.48. The average molecular weight is 357 g/mol. The zero-order valence-corrected chi connectivity index (χ0v) is 15.8. The van der Waals surface area contributed by atoms with Crippen molar-refractivity contribution in [3.8, 4) is 6.07 Å². The van der Waals surface area contributed by atoms with Crippen molar-refractivity contribution in [1.29, 1.82) is 5.26 Å². The van der Waals surface area contributed by atoms with Gasteiger partial charge in [-0.2, -0.15) is 5.26 Å². The lowest BCUT2D eigenvalue weighted by atomic mass is 10.1. The lowest BCUT2D eigenvalue weighted by molar-refractivity contribution is 0.408. The molecule has 6 heteroatoms. The van der Waals surface area contributed by atoms with Crippen LogP contribution in [-0.2, 0) is 0 Å². The van der Waals surface area contributed by atoms with Gasteiger partial charge < -0.3 is 0 Å². The van der Waals surface area contributed by atoms with E-state index in [0.717, 1.165) is 0 Å². The molecule has 0 unspecified atom stereocenters. The van der Waals surface area contributed by atoms with E-state index in [1.807, 2.05) is 41.5 Å². The zero-order chi connectivity index (χ0) is 18.8. The fraction of sp³-hybridized carbons (Fsp3) is 0.500. The van der Waals surface area contributed by atoms with E-state index in [1.54, 1.807) is 0 Å². The van der Waals surface area contributed by atoms with Crippen LogP contribution >= 0.6 is 0 Å². The Morgan fingerprint density at radius 3 is 1.75 bits per heavy atom. The summed E-state index contributed by atoms with van der Waals surface area (Å²) in [7, 11) is -2.42. The lowest BCUT2D eigenvalue weighted by Crippen LogP contribution is -2.46. The summed E-state index contributed by atoms with van der Waals surface area (Å²) < 4.78 is 54.1. The van der Waals surface area contributed by atoms with Crippen LogP contribution in [0.15, 0.2) is 11.3 Å². The van der Waals surface area contributed by atoms with Crippen LogP contribution in [0, 0.1) is 34.6 Å². The third kappa shape index (κ3) is 3.27. The van der Waals surface area contributed by atoms with Gasteiger partial charge in [0.2, 0.25) is 0 Å². The summed E-state index contributed by atoms with van der Waals surface area (Å²) in [6.45, 7) is 12.1. The Labute approximate surface area is 142 Å². The van der Waals surface area contributed by atoms with Crippen molar-refractivity contribution in [3.05, 3.63) is 40.1 Å². The summed E-state index contributed by atoms with van der Waals surface area (Å²) in [4.78, 5) is 0. The number of halogens is 4. The van der Waals surface area contributed by atoms with Crippen LogP contribution < -0.4 is 0 Å². The molecule has 0 radical (unpaired) electrons. The third-order valence-corrected chi connectivity index (χ3v) is 11.8. The molecular formula is C18H23F4NSi. The van der Waals surface area contributed by atoms with E-state index in [9.17, 15) is 22.8 Å². The molecule has 0 aromatic heterocycles. The number of hydrogen-bond donors (Lipinski definition) is 0. The minimum atomic E-state index is -2.42. The molecule has 0 fully saturated rings. The van der Waals surface area contributed by atoms with Gasteiger partial charge in [0.15, 0.2) is 23.3 Å². The molecule has 132 valence electrons. The van der Waals surface area contributed by atoms with Gasteiger partial charge in [-0.1, -0.05) is 41.5 Å². The summed E-state index contributed by atoms with van der Waals surface area (Å²) in [5.41, 5.74) is 0.0755. The fourth-order valence-corrected chi connectivity index (χ4v) is 10.5. The number of rotatable bonds is 5. The second kappa shape index (κ2) is 7.52. The summed E-state index contributed by atoms with van der Waals surface area (Å²) in [6.07, 6.45) is 1.20. The zero-order valence-electron chi connectivity index (χ0n) is 14.8. The Hall–Kier alpha value is -1.61. The van der Waals surface area contributed by atoms with Gasteiger partial charge in [0.05, 0.1) is 6.07 Å². The maximum atomic E-state index is 14.0. The van der Waals surface area contributed by atoms with Crippen molar-refractivity contribution >= 4 is 14.1 Å². The fourth-order valence-electron chi connectivity index (χ4n) is 4.04. The molecule has 0 spiro atoms. The maximum absolute atomic E-state index is 14.0. The topological polar surface area (TPSA) is 23.8 Å². The minimum absolute atomic E-state index is 0.168. The first-order valence-corrected chi connectivity index (χ1v) is 10.2. The van der Waals surface area contributed by atoms with Crippen molar-refractivity contribution in [2.45, 2.75) is 58.2 Å². The maximum Gasteiger partial charge on any atom is 0.198 e. The largest absolute Gasteiger partial charge is 0.204 e. The van der Waals surface area contributed by atoms with Gasteiger partial charge in [-0.05, 0) is 28.8 Å². The molecule has 0 aliphatic rings. The predicted octanol–water partition coefficient (Wildman–Crippen LogP) is 6.37. The van der Waals surface area contributed by atoms with Gasteiger partial charge in [-0.25, -0.2) is 17.6 Å². The van der Waals surface area contributed by atoms with E-state index >= 15 is 0 Å². The van der Waals surface area contributed by atoms with Gasteiger partial charge in [-0.3, -0.25) is 0 Å². The first kappa shape index (κ1) is 20.4. The molecule has 1 nitrogen and oxygen atoms in total. The molecule has 1 aromatic carbocycles. The van der Waals surface area contributed by atoms with Crippen molar-refractivity contribution < 1.29 is 17.6 Å². The highest BCUT2D eigenvalue weighted by Crippen LogP contribution is 2.46. The Bertz CT molecular complexity index is 665. The first-order chi connectivity index (χ1) is 11.0. The molecule has 1 rings (SSSR count). The number of nitriles is 1. The summed E-state index contributed by atoms with van der Waals surface area (Å²) >= 11 is 0. The van der Waals surface area contributed by atoms with E-state index in [4.69, 9.17) is 0 Å². The monoisotopic (exact) mass is 357 g/mol. The number of benzene rings is 1. The van der Waals surface area contributed by atoms with Crippen LogP contribution in [0.1, 0.15) is 47.1 Å². The van der Waals surface area contributed by atoms with Crippen LogP contribution in [-0.4, -0.2) is 8.07 Å². The summed E-state index contributed by atoms with van der Waals surface area (Å²) in [5, 5.41) is 10.1. The SMILES string of the molecule is CC(C)[Si](/C(C#N)=C/c1cc(F)c(F)c(F)c1F)(C(C)C)C(C)C. The Morgan fingerprint density at radius 1 is 0.917 bits per heavy atom.